The highest BCUT2D eigenvalue weighted by Crippen LogP contribution is 2.29. The van der Waals surface area contributed by atoms with Gasteiger partial charge in [-0.05, 0) is 49.2 Å². The molecule has 1 aromatic rings. The van der Waals surface area contributed by atoms with E-state index in [0.717, 1.165) is 6.54 Å². The van der Waals surface area contributed by atoms with Crippen molar-refractivity contribution in [2.45, 2.75) is 32.2 Å². The van der Waals surface area contributed by atoms with Crippen LogP contribution in [-0.4, -0.2) is 7.05 Å². The van der Waals surface area contributed by atoms with Gasteiger partial charge in [-0.3, -0.25) is 0 Å². The second-order valence-electron chi connectivity index (χ2n) is 3.40. The third-order valence-corrected chi connectivity index (χ3v) is 3.65. The summed E-state index contributed by atoms with van der Waals surface area (Å²) in [4.78, 5) is 1.64. The first-order valence-electron chi connectivity index (χ1n) is 4.64. The SMILES string of the molecule is CNCc1csc2c1CCCC2. The van der Waals surface area contributed by atoms with Gasteiger partial charge in [0.05, 0.1) is 0 Å². The third kappa shape index (κ3) is 1.41. The molecule has 1 aliphatic carbocycles. The van der Waals surface area contributed by atoms with Crippen molar-refractivity contribution in [3.63, 3.8) is 0 Å². The van der Waals surface area contributed by atoms with Gasteiger partial charge in [0.2, 0.25) is 0 Å². The minimum absolute atomic E-state index is 1.05. The third-order valence-electron chi connectivity index (χ3n) is 2.52. The molecule has 1 aliphatic rings. The molecule has 2 heteroatoms. The maximum absolute atomic E-state index is 3.23. The first-order valence-corrected chi connectivity index (χ1v) is 5.52. The molecule has 0 bridgehead atoms. The van der Waals surface area contributed by atoms with E-state index in [2.05, 4.69) is 10.7 Å². The van der Waals surface area contributed by atoms with E-state index in [1.807, 2.05) is 18.4 Å². The van der Waals surface area contributed by atoms with Crippen LogP contribution in [0.15, 0.2) is 5.38 Å². The standard InChI is InChI=1S/C10H15NS/c1-11-6-8-7-12-10-5-3-2-4-9(8)10/h7,11H,2-6H2,1H3. The zero-order valence-electron chi connectivity index (χ0n) is 7.52. The molecule has 0 aromatic carbocycles. The van der Waals surface area contributed by atoms with Crippen LogP contribution in [0.2, 0.25) is 0 Å². The zero-order chi connectivity index (χ0) is 8.39. The van der Waals surface area contributed by atoms with Gasteiger partial charge in [0.15, 0.2) is 0 Å². The summed E-state index contributed by atoms with van der Waals surface area (Å²) in [6, 6.07) is 0. The van der Waals surface area contributed by atoms with E-state index in [1.165, 1.54) is 31.2 Å². The van der Waals surface area contributed by atoms with Crippen molar-refractivity contribution in [2.24, 2.45) is 0 Å². The number of hydrogen-bond acceptors (Lipinski definition) is 2. The summed E-state index contributed by atoms with van der Waals surface area (Å²) in [5.41, 5.74) is 3.19. The van der Waals surface area contributed by atoms with Gasteiger partial charge >= 0.3 is 0 Å². The van der Waals surface area contributed by atoms with E-state index in [-0.39, 0.29) is 0 Å². The predicted octanol–water partition coefficient (Wildman–Crippen LogP) is 2.35. The molecule has 1 nitrogen and oxygen atoms in total. The Labute approximate surface area is 77.8 Å². The Bertz CT molecular complexity index is 265. The van der Waals surface area contributed by atoms with E-state index < -0.39 is 0 Å². The average molecular weight is 181 g/mol. The molecule has 0 amide bonds. The first kappa shape index (κ1) is 8.27. The summed E-state index contributed by atoms with van der Waals surface area (Å²) in [5, 5.41) is 5.55. The fraction of sp³-hybridized carbons (Fsp3) is 0.600. The van der Waals surface area contributed by atoms with E-state index in [9.17, 15) is 0 Å². The summed E-state index contributed by atoms with van der Waals surface area (Å²) >= 11 is 1.95. The molecule has 0 saturated heterocycles. The molecule has 2 rings (SSSR count). The molecule has 1 heterocycles. The van der Waals surface area contributed by atoms with Gasteiger partial charge in [-0.2, -0.15) is 0 Å². The molecule has 66 valence electrons. The highest BCUT2D eigenvalue weighted by molar-refractivity contribution is 7.10. The summed E-state index contributed by atoms with van der Waals surface area (Å²) in [6.45, 7) is 1.05. The molecule has 0 unspecified atom stereocenters. The van der Waals surface area contributed by atoms with Crippen molar-refractivity contribution in [1.82, 2.24) is 5.32 Å². The second-order valence-corrected chi connectivity index (χ2v) is 4.36. The molecule has 0 spiro atoms. The summed E-state index contributed by atoms with van der Waals surface area (Å²) in [5.74, 6) is 0. The van der Waals surface area contributed by atoms with Crippen LogP contribution in [0, 0.1) is 0 Å². The number of aryl methyl sites for hydroxylation is 1. The number of thiophene rings is 1. The Morgan fingerprint density at radius 3 is 3.08 bits per heavy atom. The van der Waals surface area contributed by atoms with E-state index >= 15 is 0 Å². The predicted molar refractivity (Wildman–Crippen MR) is 53.7 cm³/mol. The molecule has 0 saturated carbocycles. The second kappa shape index (κ2) is 3.58. The minimum Gasteiger partial charge on any atom is -0.316 e. The largest absolute Gasteiger partial charge is 0.316 e. The number of rotatable bonds is 2. The van der Waals surface area contributed by atoms with Crippen LogP contribution in [-0.2, 0) is 19.4 Å². The van der Waals surface area contributed by atoms with E-state index in [1.54, 1.807) is 10.4 Å². The van der Waals surface area contributed by atoms with Crippen molar-refractivity contribution in [1.29, 1.82) is 0 Å². The molecule has 1 aromatic heterocycles. The van der Waals surface area contributed by atoms with Crippen LogP contribution < -0.4 is 5.32 Å². The molecule has 1 N–H and O–H groups in total. The maximum atomic E-state index is 3.23. The summed E-state index contributed by atoms with van der Waals surface area (Å²) < 4.78 is 0. The Hall–Kier alpha value is -0.340. The highest BCUT2D eigenvalue weighted by atomic mass is 32.1. The lowest BCUT2D eigenvalue weighted by molar-refractivity contribution is 0.684. The van der Waals surface area contributed by atoms with E-state index in [0.29, 0.717) is 0 Å². The summed E-state index contributed by atoms with van der Waals surface area (Å²) in [6.07, 6.45) is 5.42. The Morgan fingerprint density at radius 2 is 2.25 bits per heavy atom. The molecular weight excluding hydrogens is 166 g/mol. The number of nitrogens with one attached hydrogen (secondary N) is 1. The van der Waals surface area contributed by atoms with Gasteiger partial charge in [-0.25, -0.2) is 0 Å². The smallest absolute Gasteiger partial charge is 0.0213 e. The van der Waals surface area contributed by atoms with Crippen LogP contribution in [0.25, 0.3) is 0 Å². The molecule has 0 radical (unpaired) electrons. The van der Waals surface area contributed by atoms with Crippen molar-refractivity contribution >= 4 is 11.3 Å². The van der Waals surface area contributed by atoms with Gasteiger partial charge in [0.1, 0.15) is 0 Å². The van der Waals surface area contributed by atoms with Crippen LogP contribution in [0.1, 0.15) is 28.8 Å². The monoisotopic (exact) mass is 181 g/mol. The molecule has 12 heavy (non-hydrogen) atoms. The lowest BCUT2D eigenvalue weighted by Crippen LogP contribution is -2.08. The van der Waals surface area contributed by atoms with Gasteiger partial charge in [-0.15, -0.1) is 11.3 Å². The van der Waals surface area contributed by atoms with Gasteiger partial charge < -0.3 is 5.32 Å². The van der Waals surface area contributed by atoms with E-state index in [4.69, 9.17) is 0 Å². The van der Waals surface area contributed by atoms with Gasteiger partial charge in [-0.1, -0.05) is 0 Å². The Balaban J connectivity index is 2.25. The van der Waals surface area contributed by atoms with Crippen LogP contribution in [0.4, 0.5) is 0 Å². The number of hydrogen-bond donors (Lipinski definition) is 1. The van der Waals surface area contributed by atoms with Crippen LogP contribution in [0.5, 0.6) is 0 Å². The van der Waals surface area contributed by atoms with Gasteiger partial charge in [0.25, 0.3) is 0 Å². The normalized spacial score (nSPS) is 16.1. The quantitative estimate of drug-likeness (QED) is 0.738. The molecular formula is C10H15NS. The van der Waals surface area contributed by atoms with Gasteiger partial charge in [0, 0.05) is 11.4 Å². The fourth-order valence-corrected chi connectivity index (χ4v) is 3.05. The van der Waals surface area contributed by atoms with Crippen LogP contribution in [0.3, 0.4) is 0 Å². The van der Waals surface area contributed by atoms with Crippen molar-refractivity contribution in [3.8, 4) is 0 Å². The lowest BCUT2D eigenvalue weighted by Gasteiger charge is -2.12. The van der Waals surface area contributed by atoms with Crippen LogP contribution >= 0.6 is 11.3 Å². The highest BCUT2D eigenvalue weighted by Gasteiger charge is 2.14. The van der Waals surface area contributed by atoms with Crippen molar-refractivity contribution in [3.05, 3.63) is 21.4 Å². The molecule has 0 fully saturated rings. The first-order chi connectivity index (χ1) is 5.92. The summed E-state index contributed by atoms with van der Waals surface area (Å²) in [7, 11) is 2.02. The molecule has 0 atom stereocenters. The average Bonchev–Trinajstić information content (AvgIpc) is 2.50. The number of fused-ring (bicyclic) bond motifs is 1. The Kier molecular flexibility index (Phi) is 2.47. The zero-order valence-corrected chi connectivity index (χ0v) is 8.34. The minimum atomic E-state index is 1.05. The van der Waals surface area contributed by atoms with Crippen molar-refractivity contribution in [2.75, 3.05) is 7.05 Å². The topological polar surface area (TPSA) is 12.0 Å². The molecule has 0 aliphatic heterocycles. The fourth-order valence-electron chi connectivity index (χ4n) is 1.90. The lowest BCUT2D eigenvalue weighted by atomic mass is 9.96. The maximum Gasteiger partial charge on any atom is 0.0213 e. The van der Waals surface area contributed by atoms with Crippen molar-refractivity contribution < 1.29 is 0 Å². The Morgan fingerprint density at radius 1 is 1.42 bits per heavy atom.